The number of piperidine rings is 1. The Morgan fingerprint density at radius 1 is 1.11 bits per heavy atom. The van der Waals surface area contributed by atoms with Gasteiger partial charge in [-0.1, -0.05) is 12.8 Å². The van der Waals surface area contributed by atoms with Gasteiger partial charge in [-0.05, 0) is 50.3 Å². The summed E-state index contributed by atoms with van der Waals surface area (Å²) >= 11 is 0. The number of nitrogens with zero attached hydrogens (tertiary/aromatic N) is 1. The van der Waals surface area contributed by atoms with Crippen molar-refractivity contribution in [1.29, 1.82) is 0 Å². The Bertz CT molecular complexity index is 386. The van der Waals surface area contributed by atoms with Crippen LogP contribution in [0, 0.1) is 5.92 Å². The summed E-state index contributed by atoms with van der Waals surface area (Å²) in [5, 5.41) is 9.04. The highest BCUT2D eigenvalue weighted by Crippen LogP contribution is 2.35. The fourth-order valence-corrected chi connectivity index (χ4v) is 3.72. The van der Waals surface area contributed by atoms with Crippen molar-refractivity contribution in [3.8, 4) is 0 Å². The third-order valence-electron chi connectivity index (χ3n) is 4.59. The van der Waals surface area contributed by atoms with Crippen molar-refractivity contribution in [2.45, 2.75) is 57.7 Å². The molecule has 1 saturated carbocycles. The van der Waals surface area contributed by atoms with E-state index in [1.807, 2.05) is 12.1 Å². The monoisotopic (exact) mass is 249 g/mol. The largest absolute Gasteiger partial charge is 0.462 e. The van der Waals surface area contributed by atoms with E-state index in [-0.39, 0.29) is 6.61 Å². The van der Waals surface area contributed by atoms with Crippen LogP contribution in [-0.2, 0) is 13.2 Å². The first-order chi connectivity index (χ1) is 8.86. The van der Waals surface area contributed by atoms with E-state index in [9.17, 15) is 0 Å². The Labute approximate surface area is 109 Å². The van der Waals surface area contributed by atoms with Crippen LogP contribution in [-0.4, -0.2) is 22.6 Å². The average Bonchev–Trinajstić information content (AvgIpc) is 2.87. The molecule has 0 bridgehead atoms. The quantitative estimate of drug-likeness (QED) is 0.895. The second kappa shape index (κ2) is 5.45. The fraction of sp³-hybridized carbons (Fsp3) is 0.733. The van der Waals surface area contributed by atoms with Crippen LogP contribution in [0.25, 0.3) is 0 Å². The van der Waals surface area contributed by atoms with Crippen molar-refractivity contribution in [2.24, 2.45) is 5.92 Å². The molecule has 1 aromatic heterocycles. The van der Waals surface area contributed by atoms with Crippen molar-refractivity contribution in [1.82, 2.24) is 4.90 Å². The van der Waals surface area contributed by atoms with Crippen molar-refractivity contribution >= 4 is 0 Å². The van der Waals surface area contributed by atoms with Crippen LogP contribution in [0.15, 0.2) is 16.5 Å². The molecule has 2 fully saturated rings. The van der Waals surface area contributed by atoms with Gasteiger partial charge in [0, 0.05) is 6.04 Å². The van der Waals surface area contributed by atoms with E-state index >= 15 is 0 Å². The molecule has 1 aliphatic carbocycles. The number of aliphatic hydroxyl groups is 1. The first-order valence-electron chi connectivity index (χ1n) is 7.29. The molecule has 3 heteroatoms. The molecule has 0 amide bonds. The lowest BCUT2D eigenvalue weighted by Gasteiger charge is -2.43. The summed E-state index contributed by atoms with van der Waals surface area (Å²) in [6, 6.07) is 4.67. The predicted molar refractivity (Wildman–Crippen MR) is 70.0 cm³/mol. The minimum absolute atomic E-state index is 0.00601. The number of fused-ring (bicyclic) bond motifs is 1. The molecule has 2 aliphatic rings. The Kier molecular flexibility index (Phi) is 3.71. The summed E-state index contributed by atoms with van der Waals surface area (Å²) < 4.78 is 5.62. The molecule has 1 aliphatic heterocycles. The molecule has 2 atom stereocenters. The van der Waals surface area contributed by atoms with Gasteiger partial charge in [-0.25, -0.2) is 0 Å². The maximum Gasteiger partial charge on any atom is 0.129 e. The van der Waals surface area contributed by atoms with Crippen LogP contribution in [0.2, 0.25) is 0 Å². The Morgan fingerprint density at radius 2 is 1.89 bits per heavy atom. The number of furan rings is 1. The zero-order valence-electron chi connectivity index (χ0n) is 11.0. The van der Waals surface area contributed by atoms with E-state index in [1.165, 1.54) is 45.1 Å². The van der Waals surface area contributed by atoms with E-state index in [1.54, 1.807) is 0 Å². The number of aliphatic hydroxyl groups excluding tert-OH is 1. The molecule has 3 nitrogen and oxygen atoms in total. The molecule has 100 valence electrons. The van der Waals surface area contributed by atoms with E-state index in [0.717, 1.165) is 24.3 Å². The van der Waals surface area contributed by atoms with Gasteiger partial charge >= 0.3 is 0 Å². The maximum atomic E-state index is 9.04. The minimum Gasteiger partial charge on any atom is -0.462 e. The zero-order valence-corrected chi connectivity index (χ0v) is 11.0. The lowest BCUT2D eigenvalue weighted by atomic mass is 9.78. The topological polar surface area (TPSA) is 36.6 Å². The molecule has 2 heterocycles. The van der Waals surface area contributed by atoms with Crippen LogP contribution in [0.3, 0.4) is 0 Å². The molecule has 0 radical (unpaired) electrons. The summed E-state index contributed by atoms with van der Waals surface area (Å²) in [6.07, 6.45) is 8.33. The van der Waals surface area contributed by atoms with Crippen LogP contribution in [0.5, 0.6) is 0 Å². The molecule has 3 rings (SSSR count). The summed E-state index contributed by atoms with van der Waals surface area (Å²) in [5.74, 6) is 2.60. The van der Waals surface area contributed by atoms with Crippen molar-refractivity contribution in [3.63, 3.8) is 0 Å². The van der Waals surface area contributed by atoms with E-state index < -0.39 is 0 Å². The summed E-state index contributed by atoms with van der Waals surface area (Å²) in [7, 11) is 0. The second-order valence-corrected chi connectivity index (χ2v) is 5.75. The molecular formula is C15H23NO2. The van der Waals surface area contributed by atoms with Crippen LogP contribution < -0.4 is 0 Å². The normalized spacial score (nSPS) is 29.2. The number of hydrogen-bond acceptors (Lipinski definition) is 3. The molecule has 1 aromatic rings. The van der Waals surface area contributed by atoms with Gasteiger partial charge in [-0.15, -0.1) is 0 Å². The van der Waals surface area contributed by atoms with Crippen molar-refractivity contribution in [2.75, 3.05) is 6.54 Å². The predicted octanol–water partition coefficient (Wildman–Crippen LogP) is 2.93. The smallest absolute Gasteiger partial charge is 0.129 e. The Hall–Kier alpha value is -0.800. The van der Waals surface area contributed by atoms with E-state index in [2.05, 4.69) is 4.90 Å². The average molecular weight is 249 g/mol. The lowest BCUT2D eigenvalue weighted by molar-refractivity contribution is 0.0488. The lowest BCUT2D eigenvalue weighted by Crippen LogP contribution is -2.46. The number of rotatable bonds is 3. The van der Waals surface area contributed by atoms with E-state index in [4.69, 9.17) is 9.52 Å². The van der Waals surface area contributed by atoms with Gasteiger partial charge in [0.05, 0.1) is 6.54 Å². The fourth-order valence-electron chi connectivity index (χ4n) is 3.72. The first-order valence-corrected chi connectivity index (χ1v) is 7.29. The number of hydrogen-bond donors (Lipinski definition) is 1. The summed E-state index contributed by atoms with van der Waals surface area (Å²) in [5.41, 5.74) is 0. The molecular weight excluding hydrogens is 226 g/mol. The Morgan fingerprint density at radius 3 is 2.72 bits per heavy atom. The maximum absolute atomic E-state index is 9.04. The van der Waals surface area contributed by atoms with Crippen LogP contribution in [0.4, 0.5) is 0 Å². The minimum atomic E-state index is 0.00601. The molecule has 2 unspecified atom stereocenters. The van der Waals surface area contributed by atoms with Crippen LogP contribution in [0.1, 0.15) is 50.0 Å². The van der Waals surface area contributed by atoms with Crippen LogP contribution >= 0.6 is 0 Å². The standard InChI is InChI=1S/C15H23NO2/c17-11-14-8-7-13(18-14)10-16-9-3-5-12-4-1-2-6-15(12)16/h7-8,12,15,17H,1-6,9-11H2. The van der Waals surface area contributed by atoms with Gasteiger partial charge in [-0.3, -0.25) is 4.90 Å². The first kappa shape index (κ1) is 12.2. The van der Waals surface area contributed by atoms with Crippen molar-refractivity contribution < 1.29 is 9.52 Å². The molecule has 18 heavy (non-hydrogen) atoms. The zero-order chi connectivity index (χ0) is 12.4. The SMILES string of the molecule is OCc1ccc(CN2CCCC3CCCCC32)o1. The second-order valence-electron chi connectivity index (χ2n) is 5.75. The molecule has 0 aromatic carbocycles. The van der Waals surface area contributed by atoms with Gasteiger partial charge in [0.1, 0.15) is 18.1 Å². The Balaban J connectivity index is 1.66. The summed E-state index contributed by atoms with van der Waals surface area (Å²) in [4.78, 5) is 2.60. The molecule has 1 N–H and O–H groups in total. The van der Waals surface area contributed by atoms with Gasteiger partial charge in [0.2, 0.25) is 0 Å². The summed E-state index contributed by atoms with van der Waals surface area (Å²) in [6.45, 7) is 2.13. The van der Waals surface area contributed by atoms with Gasteiger partial charge in [0.15, 0.2) is 0 Å². The third-order valence-corrected chi connectivity index (χ3v) is 4.59. The van der Waals surface area contributed by atoms with Crippen molar-refractivity contribution in [3.05, 3.63) is 23.7 Å². The highest BCUT2D eigenvalue weighted by Gasteiger charge is 2.33. The van der Waals surface area contributed by atoms with Gasteiger partial charge < -0.3 is 9.52 Å². The highest BCUT2D eigenvalue weighted by molar-refractivity contribution is 5.07. The van der Waals surface area contributed by atoms with Gasteiger partial charge in [-0.2, -0.15) is 0 Å². The molecule has 0 spiro atoms. The number of likely N-dealkylation sites (tertiary alicyclic amines) is 1. The molecule has 1 saturated heterocycles. The van der Waals surface area contributed by atoms with Gasteiger partial charge in [0.25, 0.3) is 0 Å². The highest BCUT2D eigenvalue weighted by atomic mass is 16.4. The van der Waals surface area contributed by atoms with E-state index in [0.29, 0.717) is 5.76 Å². The third kappa shape index (κ3) is 2.47.